The van der Waals surface area contributed by atoms with Crippen LogP contribution in [0.15, 0.2) is 24.3 Å². The third-order valence-corrected chi connectivity index (χ3v) is 4.73. The van der Waals surface area contributed by atoms with Crippen LogP contribution >= 0.6 is 0 Å². The first kappa shape index (κ1) is 24.7. The van der Waals surface area contributed by atoms with Crippen molar-refractivity contribution in [1.82, 2.24) is 10.2 Å². The minimum absolute atomic E-state index is 0.0165. The maximum atomic E-state index is 12.9. The van der Waals surface area contributed by atoms with Crippen LogP contribution in [-0.4, -0.2) is 42.3 Å². The number of amides is 3. The molecule has 1 atom stereocenters. The molecule has 2 N–H and O–H groups in total. The summed E-state index contributed by atoms with van der Waals surface area (Å²) in [6.07, 6.45) is 3.67. The van der Waals surface area contributed by atoms with E-state index in [2.05, 4.69) is 17.6 Å². The predicted molar refractivity (Wildman–Crippen MR) is 118 cm³/mol. The van der Waals surface area contributed by atoms with Gasteiger partial charge in [0.15, 0.2) is 0 Å². The molecule has 1 aromatic rings. The normalized spacial score (nSPS) is 11.8. The Kier molecular flexibility index (Phi) is 11.0. The largest absolute Gasteiger partial charge is 0.345 e. The SMILES string of the molecule is CCCCC(CC)C(=O)N(CC(=O)NCC(=O)Nc1cccc(C)c1)CC(C)C. The van der Waals surface area contributed by atoms with E-state index in [9.17, 15) is 14.4 Å². The molecule has 3 amide bonds. The van der Waals surface area contributed by atoms with E-state index in [-0.39, 0.29) is 42.6 Å². The number of carbonyl (C=O) groups excluding carboxylic acids is 3. The molecule has 1 unspecified atom stereocenters. The zero-order chi connectivity index (χ0) is 21.8. The number of hydrogen-bond donors (Lipinski definition) is 2. The third kappa shape index (κ3) is 9.59. The average Bonchev–Trinajstić information content (AvgIpc) is 2.66. The highest BCUT2D eigenvalue weighted by atomic mass is 16.2. The lowest BCUT2D eigenvalue weighted by molar-refractivity contribution is -0.140. The molecule has 6 heteroatoms. The van der Waals surface area contributed by atoms with E-state index in [4.69, 9.17) is 0 Å². The van der Waals surface area contributed by atoms with E-state index in [1.165, 1.54) is 0 Å². The summed E-state index contributed by atoms with van der Waals surface area (Å²) in [7, 11) is 0. The molecular weight excluding hydrogens is 366 g/mol. The van der Waals surface area contributed by atoms with Crippen molar-refractivity contribution >= 4 is 23.4 Å². The van der Waals surface area contributed by atoms with Gasteiger partial charge in [0.1, 0.15) is 0 Å². The molecule has 0 heterocycles. The topological polar surface area (TPSA) is 78.5 Å². The first-order chi connectivity index (χ1) is 13.8. The zero-order valence-electron chi connectivity index (χ0n) is 18.6. The molecule has 0 aliphatic heterocycles. The molecule has 1 aromatic carbocycles. The third-order valence-electron chi connectivity index (χ3n) is 4.73. The second-order valence-electron chi connectivity index (χ2n) is 8.05. The lowest BCUT2D eigenvalue weighted by Crippen LogP contribution is -2.46. The molecule has 0 fully saturated rings. The number of nitrogens with one attached hydrogen (secondary N) is 2. The summed E-state index contributed by atoms with van der Waals surface area (Å²) in [5.41, 5.74) is 1.74. The van der Waals surface area contributed by atoms with Crippen LogP contribution in [0.3, 0.4) is 0 Å². The Balaban J connectivity index is 2.60. The predicted octanol–water partition coefficient (Wildman–Crippen LogP) is 3.75. The first-order valence-electron chi connectivity index (χ1n) is 10.7. The van der Waals surface area contributed by atoms with Gasteiger partial charge in [0.25, 0.3) is 0 Å². The second kappa shape index (κ2) is 13.0. The molecule has 162 valence electrons. The quantitative estimate of drug-likeness (QED) is 0.558. The standard InChI is InChI=1S/C23H37N3O3/c1-6-8-11-19(7-2)23(29)26(15-17(3)4)16-22(28)24-14-21(27)25-20-12-9-10-18(5)13-20/h9-10,12-13,17,19H,6-8,11,14-16H2,1-5H3,(H,24,28)(H,25,27). The molecule has 0 bridgehead atoms. The highest BCUT2D eigenvalue weighted by Gasteiger charge is 2.25. The Morgan fingerprint density at radius 1 is 1.10 bits per heavy atom. The fourth-order valence-electron chi connectivity index (χ4n) is 3.22. The molecule has 0 aliphatic carbocycles. The number of anilines is 1. The second-order valence-corrected chi connectivity index (χ2v) is 8.05. The van der Waals surface area contributed by atoms with Crippen LogP contribution < -0.4 is 10.6 Å². The number of unbranched alkanes of at least 4 members (excludes halogenated alkanes) is 1. The van der Waals surface area contributed by atoms with Gasteiger partial charge in [-0.15, -0.1) is 0 Å². The van der Waals surface area contributed by atoms with Crippen LogP contribution in [0.4, 0.5) is 5.69 Å². The van der Waals surface area contributed by atoms with E-state index >= 15 is 0 Å². The highest BCUT2D eigenvalue weighted by molar-refractivity contribution is 5.95. The van der Waals surface area contributed by atoms with Crippen molar-refractivity contribution < 1.29 is 14.4 Å². The van der Waals surface area contributed by atoms with Crippen LogP contribution in [0.2, 0.25) is 0 Å². The number of benzene rings is 1. The van der Waals surface area contributed by atoms with Gasteiger partial charge in [-0.3, -0.25) is 14.4 Å². The lowest BCUT2D eigenvalue weighted by Gasteiger charge is -2.28. The summed E-state index contributed by atoms with van der Waals surface area (Å²) in [5, 5.41) is 5.39. The number of nitrogens with zero attached hydrogens (tertiary/aromatic N) is 1. The molecule has 29 heavy (non-hydrogen) atoms. The van der Waals surface area contributed by atoms with E-state index in [0.29, 0.717) is 12.2 Å². The van der Waals surface area contributed by atoms with Crippen molar-refractivity contribution in [2.24, 2.45) is 11.8 Å². The van der Waals surface area contributed by atoms with E-state index in [1.54, 1.807) is 11.0 Å². The Hall–Kier alpha value is -2.37. The minimum Gasteiger partial charge on any atom is -0.345 e. The van der Waals surface area contributed by atoms with Crippen molar-refractivity contribution in [2.75, 3.05) is 25.0 Å². The Morgan fingerprint density at radius 2 is 1.83 bits per heavy atom. The number of hydrogen-bond acceptors (Lipinski definition) is 3. The van der Waals surface area contributed by atoms with Crippen molar-refractivity contribution in [3.05, 3.63) is 29.8 Å². The van der Waals surface area contributed by atoms with Gasteiger partial charge in [-0.1, -0.05) is 52.7 Å². The number of aryl methyl sites for hydroxylation is 1. The molecular formula is C23H37N3O3. The molecule has 1 rings (SSSR count). The summed E-state index contributed by atoms with van der Waals surface area (Å²) in [4.78, 5) is 39.1. The maximum absolute atomic E-state index is 12.9. The van der Waals surface area contributed by atoms with Crippen LogP contribution in [0.25, 0.3) is 0 Å². The zero-order valence-corrected chi connectivity index (χ0v) is 18.6. The van der Waals surface area contributed by atoms with Crippen LogP contribution in [0.5, 0.6) is 0 Å². The Morgan fingerprint density at radius 3 is 2.41 bits per heavy atom. The van der Waals surface area contributed by atoms with Gasteiger partial charge in [-0.25, -0.2) is 0 Å². The van der Waals surface area contributed by atoms with Crippen molar-refractivity contribution in [3.8, 4) is 0 Å². The molecule has 0 radical (unpaired) electrons. The van der Waals surface area contributed by atoms with E-state index < -0.39 is 0 Å². The minimum atomic E-state index is -0.316. The highest BCUT2D eigenvalue weighted by Crippen LogP contribution is 2.17. The van der Waals surface area contributed by atoms with Gasteiger partial charge < -0.3 is 15.5 Å². The van der Waals surface area contributed by atoms with Crippen LogP contribution in [-0.2, 0) is 14.4 Å². The summed E-state index contributed by atoms with van der Waals surface area (Å²) in [6, 6.07) is 7.48. The van der Waals surface area contributed by atoms with Crippen molar-refractivity contribution in [2.45, 2.75) is 60.3 Å². The fraction of sp³-hybridized carbons (Fsp3) is 0.609. The Bertz CT molecular complexity index is 673. The molecule has 0 spiro atoms. The lowest BCUT2D eigenvalue weighted by atomic mass is 9.97. The van der Waals surface area contributed by atoms with Gasteiger partial charge in [0.2, 0.25) is 17.7 Å². The Labute approximate surface area is 175 Å². The summed E-state index contributed by atoms with van der Waals surface area (Å²) >= 11 is 0. The maximum Gasteiger partial charge on any atom is 0.243 e. The molecule has 0 aromatic heterocycles. The average molecular weight is 404 g/mol. The van der Waals surface area contributed by atoms with Crippen molar-refractivity contribution in [1.29, 1.82) is 0 Å². The molecule has 6 nitrogen and oxygen atoms in total. The summed E-state index contributed by atoms with van der Waals surface area (Å²) < 4.78 is 0. The van der Waals surface area contributed by atoms with Gasteiger partial charge in [0, 0.05) is 18.2 Å². The molecule has 0 saturated heterocycles. The van der Waals surface area contributed by atoms with Gasteiger partial charge in [-0.05, 0) is 43.4 Å². The number of carbonyl (C=O) groups is 3. The molecule has 0 saturated carbocycles. The summed E-state index contributed by atoms with van der Waals surface area (Å²) in [6.45, 7) is 10.5. The monoisotopic (exact) mass is 403 g/mol. The van der Waals surface area contributed by atoms with Gasteiger partial charge in [-0.2, -0.15) is 0 Å². The van der Waals surface area contributed by atoms with Gasteiger partial charge in [0.05, 0.1) is 13.1 Å². The number of rotatable bonds is 12. The van der Waals surface area contributed by atoms with E-state index in [0.717, 1.165) is 31.2 Å². The fourth-order valence-corrected chi connectivity index (χ4v) is 3.22. The smallest absolute Gasteiger partial charge is 0.243 e. The van der Waals surface area contributed by atoms with Crippen LogP contribution in [0.1, 0.15) is 58.9 Å². The van der Waals surface area contributed by atoms with Crippen molar-refractivity contribution in [3.63, 3.8) is 0 Å². The first-order valence-corrected chi connectivity index (χ1v) is 10.7. The molecule has 0 aliphatic rings. The summed E-state index contributed by atoms with van der Waals surface area (Å²) in [5.74, 6) is -0.357. The van der Waals surface area contributed by atoms with Gasteiger partial charge >= 0.3 is 0 Å². The van der Waals surface area contributed by atoms with E-state index in [1.807, 2.05) is 45.9 Å². The van der Waals surface area contributed by atoms with Crippen LogP contribution in [0, 0.1) is 18.8 Å².